The van der Waals surface area contributed by atoms with Crippen LogP contribution in [0.15, 0.2) is 0 Å². The van der Waals surface area contributed by atoms with E-state index in [1.54, 1.807) is 0 Å². The predicted octanol–water partition coefficient (Wildman–Crippen LogP) is 5.63. The normalized spacial score (nSPS) is 15.5. The summed E-state index contributed by atoms with van der Waals surface area (Å²) in [6, 6.07) is 0. The van der Waals surface area contributed by atoms with Gasteiger partial charge in [-0.25, -0.2) is 0 Å². The van der Waals surface area contributed by atoms with Crippen LogP contribution in [0.25, 0.3) is 0 Å². The van der Waals surface area contributed by atoms with Crippen LogP contribution in [0.5, 0.6) is 0 Å². The maximum absolute atomic E-state index is 12.9. The molecule has 0 radical (unpaired) electrons. The monoisotopic (exact) mass is 260 g/mol. The van der Waals surface area contributed by atoms with E-state index >= 15 is 0 Å². The van der Waals surface area contributed by atoms with Gasteiger partial charge in [-0.1, -0.05) is 53.9 Å². The molecule has 1 atom stereocenters. The molecule has 0 fully saturated rings. The van der Waals surface area contributed by atoms with Gasteiger partial charge < -0.3 is 4.57 Å². The van der Waals surface area contributed by atoms with E-state index in [1.807, 2.05) is 0 Å². The van der Waals surface area contributed by atoms with Crippen molar-refractivity contribution in [3.63, 3.8) is 0 Å². The van der Waals surface area contributed by atoms with Crippen molar-refractivity contribution < 1.29 is 4.57 Å². The highest BCUT2D eigenvalue weighted by atomic mass is 31.2. The molecule has 1 unspecified atom stereocenters. The molecule has 104 valence electrons. The number of hydrogen-bond donors (Lipinski definition) is 0. The van der Waals surface area contributed by atoms with Crippen LogP contribution in [0.2, 0.25) is 0 Å². The van der Waals surface area contributed by atoms with Crippen LogP contribution in [0.1, 0.15) is 66.7 Å². The molecular formula is C15H33OP. The van der Waals surface area contributed by atoms with Crippen molar-refractivity contribution in [2.75, 3.05) is 18.5 Å². The molecule has 17 heavy (non-hydrogen) atoms. The zero-order valence-corrected chi connectivity index (χ0v) is 13.6. The SMILES string of the molecule is CCCCCCP(=O)(CCC(C)C)CC(C)C. The van der Waals surface area contributed by atoms with Gasteiger partial charge in [-0.15, -0.1) is 0 Å². The van der Waals surface area contributed by atoms with Crippen LogP contribution in [0, 0.1) is 11.8 Å². The maximum atomic E-state index is 12.9. The van der Waals surface area contributed by atoms with Crippen molar-refractivity contribution in [1.29, 1.82) is 0 Å². The van der Waals surface area contributed by atoms with Gasteiger partial charge in [0.15, 0.2) is 0 Å². The summed E-state index contributed by atoms with van der Waals surface area (Å²) < 4.78 is 12.9. The summed E-state index contributed by atoms with van der Waals surface area (Å²) in [6.07, 6.45) is 9.08. The molecule has 0 N–H and O–H groups in total. The Kier molecular flexibility index (Phi) is 9.32. The van der Waals surface area contributed by atoms with E-state index in [0.717, 1.165) is 24.9 Å². The summed E-state index contributed by atoms with van der Waals surface area (Å²) in [5.74, 6) is 1.27. The molecule has 0 aromatic rings. The third-order valence-corrected chi connectivity index (χ3v) is 6.83. The van der Waals surface area contributed by atoms with E-state index in [-0.39, 0.29) is 0 Å². The van der Waals surface area contributed by atoms with Crippen molar-refractivity contribution in [3.05, 3.63) is 0 Å². The Morgan fingerprint density at radius 2 is 1.53 bits per heavy atom. The molecule has 0 saturated carbocycles. The van der Waals surface area contributed by atoms with E-state index in [2.05, 4.69) is 34.6 Å². The standard InChI is InChI=1S/C15H33OP/c1-6-7-8-9-11-17(16,13-15(4)5)12-10-14(2)3/h14-15H,6-13H2,1-5H3. The molecule has 0 aliphatic rings. The molecule has 0 aromatic heterocycles. The lowest BCUT2D eigenvalue weighted by molar-refractivity contribution is 0.548. The van der Waals surface area contributed by atoms with Gasteiger partial charge in [-0.3, -0.25) is 0 Å². The van der Waals surface area contributed by atoms with Crippen LogP contribution in [0.4, 0.5) is 0 Å². The van der Waals surface area contributed by atoms with Crippen molar-refractivity contribution >= 4 is 7.14 Å². The van der Waals surface area contributed by atoms with Gasteiger partial charge in [0.05, 0.1) is 7.14 Å². The minimum Gasteiger partial charge on any atom is -0.324 e. The molecule has 2 heteroatoms. The van der Waals surface area contributed by atoms with Crippen LogP contribution in [-0.4, -0.2) is 18.5 Å². The second-order valence-electron chi connectivity index (χ2n) is 6.32. The molecule has 1 nitrogen and oxygen atoms in total. The average Bonchev–Trinajstić information content (AvgIpc) is 2.21. The Labute approximate surface area is 109 Å². The quantitative estimate of drug-likeness (QED) is 0.367. The lowest BCUT2D eigenvalue weighted by Crippen LogP contribution is -2.07. The first kappa shape index (κ1) is 17.2. The number of unbranched alkanes of at least 4 members (excludes halogenated alkanes) is 3. The van der Waals surface area contributed by atoms with Gasteiger partial charge >= 0.3 is 0 Å². The van der Waals surface area contributed by atoms with E-state index in [4.69, 9.17) is 0 Å². The molecule has 0 aliphatic heterocycles. The second kappa shape index (κ2) is 9.20. The van der Waals surface area contributed by atoms with Crippen molar-refractivity contribution in [2.45, 2.75) is 66.7 Å². The van der Waals surface area contributed by atoms with Crippen LogP contribution >= 0.6 is 7.14 Å². The van der Waals surface area contributed by atoms with Gasteiger partial charge in [0.2, 0.25) is 0 Å². The summed E-state index contributed by atoms with van der Waals surface area (Å²) in [6.45, 7) is 11.1. The lowest BCUT2D eigenvalue weighted by Gasteiger charge is -2.21. The van der Waals surface area contributed by atoms with Crippen LogP contribution in [-0.2, 0) is 4.57 Å². The van der Waals surface area contributed by atoms with Crippen molar-refractivity contribution in [1.82, 2.24) is 0 Å². The second-order valence-corrected chi connectivity index (χ2v) is 9.70. The summed E-state index contributed by atoms with van der Waals surface area (Å²) in [4.78, 5) is 0. The fourth-order valence-electron chi connectivity index (χ4n) is 2.28. The van der Waals surface area contributed by atoms with Crippen molar-refractivity contribution in [2.24, 2.45) is 11.8 Å². The largest absolute Gasteiger partial charge is 0.324 e. The molecule has 0 aliphatic carbocycles. The van der Waals surface area contributed by atoms with Crippen LogP contribution < -0.4 is 0 Å². The van der Waals surface area contributed by atoms with E-state index in [1.165, 1.54) is 25.7 Å². The molecule has 0 heterocycles. The molecule has 0 amide bonds. The highest BCUT2D eigenvalue weighted by Crippen LogP contribution is 2.49. The van der Waals surface area contributed by atoms with Crippen LogP contribution in [0.3, 0.4) is 0 Å². The van der Waals surface area contributed by atoms with E-state index in [9.17, 15) is 4.57 Å². The number of hydrogen-bond acceptors (Lipinski definition) is 1. The molecule has 0 spiro atoms. The van der Waals surface area contributed by atoms with Gasteiger partial charge in [-0.05, 0) is 24.7 Å². The Morgan fingerprint density at radius 1 is 0.882 bits per heavy atom. The fourth-order valence-corrected chi connectivity index (χ4v) is 5.99. The van der Waals surface area contributed by atoms with Gasteiger partial charge in [0.25, 0.3) is 0 Å². The predicted molar refractivity (Wildman–Crippen MR) is 80.6 cm³/mol. The minimum absolute atomic E-state index is 0.583. The van der Waals surface area contributed by atoms with Gasteiger partial charge in [0.1, 0.15) is 0 Å². The Hall–Kier alpha value is 0.230. The summed E-state index contributed by atoms with van der Waals surface area (Å²) in [5, 5.41) is 0. The van der Waals surface area contributed by atoms with Crippen molar-refractivity contribution in [3.8, 4) is 0 Å². The summed E-state index contributed by atoms with van der Waals surface area (Å²) in [7, 11) is -1.87. The third kappa shape index (κ3) is 9.89. The molecule has 0 bridgehead atoms. The minimum atomic E-state index is -1.87. The third-order valence-electron chi connectivity index (χ3n) is 3.23. The Morgan fingerprint density at radius 3 is 2.00 bits per heavy atom. The number of rotatable bonds is 10. The summed E-state index contributed by atoms with van der Waals surface area (Å²) in [5.41, 5.74) is 0. The average molecular weight is 260 g/mol. The summed E-state index contributed by atoms with van der Waals surface area (Å²) >= 11 is 0. The topological polar surface area (TPSA) is 17.1 Å². The zero-order valence-electron chi connectivity index (χ0n) is 12.7. The molecular weight excluding hydrogens is 227 g/mol. The lowest BCUT2D eigenvalue weighted by atomic mass is 10.2. The smallest absolute Gasteiger partial charge is 0.0880 e. The first-order chi connectivity index (χ1) is 7.89. The molecule has 0 rings (SSSR count). The van der Waals surface area contributed by atoms with E-state index < -0.39 is 7.14 Å². The Bertz CT molecular complexity index is 221. The molecule has 0 saturated heterocycles. The van der Waals surface area contributed by atoms with Gasteiger partial charge in [0, 0.05) is 18.5 Å². The fraction of sp³-hybridized carbons (Fsp3) is 1.00. The first-order valence-corrected chi connectivity index (χ1v) is 9.73. The first-order valence-electron chi connectivity index (χ1n) is 7.46. The maximum Gasteiger partial charge on any atom is 0.0880 e. The zero-order chi connectivity index (χ0) is 13.3. The highest BCUT2D eigenvalue weighted by molar-refractivity contribution is 7.63. The molecule has 0 aromatic carbocycles. The van der Waals surface area contributed by atoms with Gasteiger partial charge in [-0.2, -0.15) is 0 Å². The highest BCUT2D eigenvalue weighted by Gasteiger charge is 2.22. The Balaban J connectivity index is 4.14. The van der Waals surface area contributed by atoms with E-state index in [0.29, 0.717) is 11.8 Å².